The molecular formula is C12H6F6O2S. The number of rotatable bonds is 1. The van der Waals surface area contributed by atoms with Crippen LogP contribution in [0, 0.1) is 0 Å². The number of alkyl halides is 6. The van der Waals surface area contributed by atoms with Gasteiger partial charge in [-0.3, -0.25) is 0 Å². The summed E-state index contributed by atoms with van der Waals surface area (Å²) >= 11 is 0.319. The second-order valence-electron chi connectivity index (χ2n) is 4.00. The highest BCUT2D eigenvalue weighted by atomic mass is 32.1. The molecule has 0 N–H and O–H groups in total. The first-order chi connectivity index (χ1) is 9.55. The number of fused-ring (bicyclic) bond motifs is 1. The van der Waals surface area contributed by atoms with E-state index in [0.717, 1.165) is 7.11 Å². The van der Waals surface area contributed by atoms with Gasteiger partial charge in [0.25, 0.3) is 0 Å². The van der Waals surface area contributed by atoms with Crippen molar-refractivity contribution >= 4 is 27.4 Å². The lowest BCUT2D eigenvalue weighted by atomic mass is 10.1. The maximum atomic E-state index is 13.0. The molecule has 0 amide bonds. The number of halogens is 6. The van der Waals surface area contributed by atoms with E-state index in [1.54, 1.807) is 0 Å². The first-order valence-corrected chi connectivity index (χ1v) is 6.16. The van der Waals surface area contributed by atoms with Gasteiger partial charge in [-0.05, 0) is 12.1 Å². The summed E-state index contributed by atoms with van der Waals surface area (Å²) in [6.07, 6.45) is -9.55. The molecule has 2 aromatic rings. The van der Waals surface area contributed by atoms with Crippen LogP contribution in [0.15, 0.2) is 18.2 Å². The SMILES string of the molecule is COC(=O)c1sc2cc(C(F)(F)F)ccc2c1C(F)(F)F. The normalized spacial score (nSPS) is 12.7. The number of esters is 1. The van der Waals surface area contributed by atoms with Crippen LogP contribution in [0.4, 0.5) is 26.3 Å². The quantitative estimate of drug-likeness (QED) is 0.559. The lowest BCUT2D eigenvalue weighted by molar-refractivity contribution is -0.137. The minimum atomic E-state index is -4.87. The molecule has 2 rings (SSSR count). The molecule has 0 aliphatic rings. The van der Waals surface area contributed by atoms with Gasteiger partial charge in [0, 0.05) is 10.1 Å². The highest BCUT2D eigenvalue weighted by Crippen LogP contribution is 2.44. The van der Waals surface area contributed by atoms with Crippen LogP contribution in [0.25, 0.3) is 10.1 Å². The van der Waals surface area contributed by atoms with Crippen LogP contribution in [0.1, 0.15) is 20.8 Å². The smallest absolute Gasteiger partial charge is 0.418 e. The number of hydrogen-bond donors (Lipinski definition) is 0. The van der Waals surface area contributed by atoms with Gasteiger partial charge in [0.2, 0.25) is 0 Å². The first kappa shape index (κ1) is 15.6. The Bertz CT molecular complexity index is 698. The van der Waals surface area contributed by atoms with E-state index >= 15 is 0 Å². The fourth-order valence-electron chi connectivity index (χ4n) is 1.79. The van der Waals surface area contributed by atoms with Crippen molar-refractivity contribution in [3.63, 3.8) is 0 Å². The summed E-state index contributed by atoms with van der Waals surface area (Å²) in [6, 6.07) is 1.84. The number of thiophene rings is 1. The van der Waals surface area contributed by atoms with Gasteiger partial charge in [-0.25, -0.2) is 4.79 Å². The molecule has 0 aliphatic carbocycles. The largest absolute Gasteiger partial charge is 0.465 e. The summed E-state index contributed by atoms with van der Waals surface area (Å²) in [7, 11) is 0.897. The fraction of sp³-hybridized carbons (Fsp3) is 0.250. The van der Waals surface area contributed by atoms with Crippen LogP contribution in [0.2, 0.25) is 0 Å². The lowest BCUT2D eigenvalue weighted by Crippen LogP contribution is -2.11. The summed E-state index contributed by atoms with van der Waals surface area (Å²) < 4.78 is 80.7. The van der Waals surface area contributed by atoms with Gasteiger partial charge in [0.1, 0.15) is 4.88 Å². The van der Waals surface area contributed by atoms with Crippen molar-refractivity contribution in [2.24, 2.45) is 0 Å². The van der Waals surface area contributed by atoms with Crippen LogP contribution in [0.3, 0.4) is 0 Å². The molecule has 1 aromatic carbocycles. The molecule has 9 heteroatoms. The summed E-state index contributed by atoms with van der Waals surface area (Å²) in [5, 5.41) is -0.457. The molecule has 1 heterocycles. The monoisotopic (exact) mass is 328 g/mol. The van der Waals surface area contributed by atoms with Gasteiger partial charge in [0.05, 0.1) is 18.2 Å². The van der Waals surface area contributed by atoms with Gasteiger partial charge >= 0.3 is 18.3 Å². The molecule has 1 aromatic heterocycles. The standard InChI is InChI=1S/C12H6F6O2S/c1-20-10(19)9-8(12(16,17)18)6-3-2-5(11(13,14)15)4-7(6)21-9/h2-4H,1H3. The van der Waals surface area contributed by atoms with E-state index < -0.39 is 39.7 Å². The van der Waals surface area contributed by atoms with E-state index in [-0.39, 0.29) is 4.70 Å². The zero-order valence-corrected chi connectivity index (χ0v) is 11.0. The van der Waals surface area contributed by atoms with Crippen LogP contribution in [-0.2, 0) is 17.1 Å². The highest BCUT2D eigenvalue weighted by Gasteiger charge is 2.40. The zero-order chi connectivity index (χ0) is 16.0. The van der Waals surface area contributed by atoms with Crippen molar-refractivity contribution in [3.05, 3.63) is 34.2 Å². The summed E-state index contributed by atoms with van der Waals surface area (Å²) in [5.41, 5.74) is -2.36. The highest BCUT2D eigenvalue weighted by molar-refractivity contribution is 7.21. The van der Waals surface area contributed by atoms with E-state index in [1.807, 2.05) is 0 Å². The Morgan fingerprint density at radius 1 is 1.10 bits per heavy atom. The number of ether oxygens (including phenoxy) is 1. The molecule has 0 spiro atoms. The molecule has 0 atom stereocenters. The lowest BCUT2D eigenvalue weighted by Gasteiger charge is -2.08. The molecule has 0 fully saturated rings. The van der Waals surface area contributed by atoms with Gasteiger partial charge in [-0.2, -0.15) is 26.3 Å². The third-order valence-electron chi connectivity index (χ3n) is 2.67. The van der Waals surface area contributed by atoms with Gasteiger partial charge < -0.3 is 4.74 Å². The topological polar surface area (TPSA) is 26.3 Å². The minimum absolute atomic E-state index is 0.280. The van der Waals surface area contributed by atoms with Crippen molar-refractivity contribution < 1.29 is 35.9 Å². The van der Waals surface area contributed by atoms with Crippen molar-refractivity contribution in [2.75, 3.05) is 7.11 Å². The first-order valence-electron chi connectivity index (χ1n) is 5.35. The summed E-state index contributed by atoms with van der Waals surface area (Å²) in [5.74, 6) is -1.24. The predicted molar refractivity (Wildman–Crippen MR) is 63.2 cm³/mol. The van der Waals surface area contributed by atoms with Crippen LogP contribution in [0.5, 0.6) is 0 Å². The van der Waals surface area contributed by atoms with E-state index in [2.05, 4.69) is 4.74 Å². The molecule has 0 radical (unpaired) electrons. The van der Waals surface area contributed by atoms with Crippen molar-refractivity contribution in [3.8, 4) is 0 Å². The predicted octanol–water partition coefficient (Wildman–Crippen LogP) is 4.73. The van der Waals surface area contributed by atoms with Crippen LogP contribution in [-0.4, -0.2) is 13.1 Å². The maximum Gasteiger partial charge on any atom is 0.418 e. The Hall–Kier alpha value is -1.77. The molecule has 114 valence electrons. The number of carbonyl (C=O) groups is 1. The van der Waals surface area contributed by atoms with Gasteiger partial charge in [0.15, 0.2) is 0 Å². The second kappa shape index (κ2) is 4.90. The van der Waals surface area contributed by atoms with Crippen molar-refractivity contribution in [2.45, 2.75) is 12.4 Å². The Morgan fingerprint density at radius 2 is 1.71 bits per heavy atom. The fourth-order valence-corrected chi connectivity index (χ4v) is 2.97. The van der Waals surface area contributed by atoms with Gasteiger partial charge in [-0.15, -0.1) is 11.3 Å². The Balaban J connectivity index is 2.77. The van der Waals surface area contributed by atoms with Crippen molar-refractivity contribution in [1.82, 2.24) is 0 Å². The maximum absolute atomic E-state index is 13.0. The average molecular weight is 328 g/mol. The molecule has 21 heavy (non-hydrogen) atoms. The molecule has 0 saturated heterocycles. The van der Waals surface area contributed by atoms with Gasteiger partial charge in [-0.1, -0.05) is 6.07 Å². The molecule has 0 unspecified atom stereocenters. The third kappa shape index (κ3) is 2.82. The Labute approximate surface area is 117 Å². The van der Waals surface area contributed by atoms with E-state index in [0.29, 0.717) is 29.5 Å². The summed E-state index contributed by atoms with van der Waals surface area (Å²) in [6.45, 7) is 0. The Morgan fingerprint density at radius 3 is 2.19 bits per heavy atom. The van der Waals surface area contributed by atoms with E-state index in [4.69, 9.17) is 0 Å². The molecule has 0 bridgehead atoms. The molecule has 0 saturated carbocycles. The zero-order valence-electron chi connectivity index (χ0n) is 10.2. The Kier molecular flexibility index (Phi) is 3.64. The summed E-state index contributed by atoms with van der Waals surface area (Å²) in [4.78, 5) is 10.6. The number of benzene rings is 1. The van der Waals surface area contributed by atoms with Crippen molar-refractivity contribution in [1.29, 1.82) is 0 Å². The second-order valence-corrected chi connectivity index (χ2v) is 5.06. The van der Waals surface area contributed by atoms with E-state index in [9.17, 15) is 31.1 Å². The number of carbonyl (C=O) groups excluding carboxylic acids is 1. The number of methoxy groups -OCH3 is 1. The third-order valence-corrected chi connectivity index (χ3v) is 3.80. The van der Waals surface area contributed by atoms with Crippen LogP contribution >= 0.6 is 11.3 Å². The minimum Gasteiger partial charge on any atom is -0.465 e. The molecule has 0 aliphatic heterocycles. The molecule has 2 nitrogen and oxygen atoms in total. The van der Waals surface area contributed by atoms with E-state index in [1.165, 1.54) is 0 Å². The molecular weight excluding hydrogens is 322 g/mol. The number of hydrogen-bond acceptors (Lipinski definition) is 3. The van der Waals surface area contributed by atoms with Crippen LogP contribution < -0.4 is 0 Å². The average Bonchev–Trinajstić information content (AvgIpc) is 2.74.